The van der Waals surface area contributed by atoms with Gasteiger partial charge in [-0.05, 0) is 24.1 Å². The molecule has 0 aliphatic rings. The summed E-state index contributed by atoms with van der Waals surface area (Å²) in [5, 5.41) is 0. The summed E-state index contributed by atoms with van der Waals surface area (Å²) in [4.78, 5) is 0. The highest BCUT2D eigenvalue weighted by molar-refractivity contribution is 5.29. The van der Waals surface area contributed by atoms with E-state index in [2.05, 4.69) is 0 Å². The lowest BCUT2D eigenvalue weighted by molar-refractivity contribution is -0.145. The van der Waals surface area contributed by atoms with Gasteiger partial charge in [0.2, 0.25) is 0 Å². The van der Waals surface area contributed by atoms with Crippen LogP contribution in [0.15, 0.2) is 24.3 Å². The van der Waals surface area contributed by atoms with Gasteiger partial charge in [0.25, 0.3) is 0 Å². The van der Waals surface area contributed by atoms with Gasteiger partial charge < -0.3 is 15.2 Å². The number of halogens is 3. The predicted molar refractivity (Wildman–Crippen MR) is 70.6 cm³/mol. The van der Waals surface area contributed by atoms with Crippen LogP contribution >= 0.6 is 0 Å². The maximum absolute atomic E-state index is 11.9. The molecule has 0 heterocycles. The van der Waals surface area contributed by atoms with Crippen LogP contribution in [0.2, 0.25) is 0 Å². The molecule has 3 nitrogen and oxygen atoms in total. The molecule has 0 fully saturated rings. The molecular formula is C14H20F3NO2. The van der Waals surface area contributed by atoms with Crippen molar-refractivity contribution in [2.75, 3.05) is 19.8 Å². The molecule has 0 amide bonds. The molecule has 1 atom stereocenters. The van der Waals surface area contributed by atoms with Gasteiger partial charge in [0.15, 0.2) is 0 Å². The molecule has 0 aliphatic carbocycles. The largest absolute Gasteiger partial charge is 0.494 e. The topological polar surface area (TPSA) is 44.5 Å². The molecule has 0 saturated heterocycles. The van der Waals surface area contributed by atoms with E-state index in [-0.39, 0.29) is 13.2 Å². The Hall–Kier alpha value is -1.27. The average molecular weight is 291 g/mol. The molecule has 2 N–H and O–H groups in total. The third kappa shape index (κ3) is 6.77. The fraction of sp³-hybridized carbons (Fsp3) is 0.571. The first kappa shape index (κ1) is 16.8. The second-order valence-electron chi connectivity index (χ2n) is 4.46. The van der Waals surface area contributed by atoms with Crippen molar-refractivity contribution >= 4 is 0 Å². The molecule has 114 valence electrons. The predicted octanol–water partition coefficient (Wildman–Crippen LogP) is 3.44. The highest BCUT2D eigenvalue weighted by Crippen LogP contribution is 2.20. The Kier molecular flexibility index (Phi) is 6.81. The molecule has 1 aromatic rings. The highest BCUT2D eigenvalue weighted by atomic mass is 19.4. The Balaban J connectivity index is 2.34. The first-order chi connectivity index (χ1) is 9.42. The summed E-state index contributed by atoms with van der Waals surface area (Å²) in [6.07, 6.45) is -4.22. The monoisotopic (exact) mass is 291 g/mol. The van der Waals surface area contributed by atoms with E-state index in [4.69, 9.17) is 15.2 Å². The minimum absolute atomic E-state index is 0.0608. The van der Waals surface area contributed by atoms with E-state index in [0.717, 1.165) is 17.7 Å². The minimum atomic E-state index is -4.19. The van der Waals surface area contributed by atoms with Gasteiger partial charge in [-0.3, -0.25) is 0 Å². The maximum Gasteiger partial charge on any atom is 0.391 e. The molecule has 1 unspecified atom stereocenters. The molecule has 0 aliphatic heterocycles. The van der Waals surface area contributed by atoms with Crippen LogP contribution in [0, 0.1) is 0 Å². The summed E-state index contributed by atoms with van der Waals surface area (Å²) in [6, 6.07) is 6.73. The summed E-state index contributed by atoms with van der Waals surface area (Å²) in [7, 11) is 0. The first-order valence-corrected chi connectivity index (χ1v) is 6.55. The van der Waals surface area contributed by atoms with Crippen LogP contribution in [0.4, 0.5) is 13.2 Å². The van der Waals surface area contributed by atoms with E-state index in [1.165, 1.54) is 0 Å². The molecular weight excluding hydrogens is 271 g/mol. The average Bonchev–Trinajstić information content (AvgIpc) is 2.40. The van der Waals surface area contributed by atoms with Crippen molar-refractivity contribution in [2.45, 2.75) is 32.0 Å². The molecule has 1 rings (SSSR count). The van der Waals surface area contributed by atoms with E-state index in [1.807, 2.05) is 6.92 Å². The maximum atomic E-state index is 11.9. The number of ether oxygens (including phenoxy) is 2. The quantitative estimate of drug-likeness (QED) is 0.746. The fourth-order valence-electron chi connectivity index (χ4n) is 1.53. The normalized spacial score (nSPS) is 13.2. The molecule has 0 saturated carbocycles. The van der Waals surface area contributed by atoms with E-state index in [0.29, 0.717) is 6.61 Å². The van der Waals surface area contributed by atoms with E-state index in [1.54, 1.807) is 24.3 Å². The van der Waals surface area contributed by atoms with Crippen molar-refractivity contribution in [3.8, 4) is 5.75 Å². The standard InChI is InChI=1S/C14H20F3NO2/c1-2-8-20-12-5-3-11(4-6-12)13(18)10-19-9-7-14(15,16)17/h3-6,13H,2,7-10,18H2,1H3. The summed E-state index contributed by atoms with van der Waals surface area (Å²) < 4.78 is 46.1. The number of benzene rings is 1. The zero-order valence-corrected chi connectivity index (χ0v) is 11.5. The Labute approximate surface area is 116 Å². The van der Waals surface area contributed by atoms with Gasteiger partial charge in [-0.2, -0.15) is 13.2 Å². The van der Waals surface area contributed by atoms with Gasteiger partial charge in [0, 0.05) is 0 Å². The Morgan fingerprint density at radius 2 is 1.80 bits per heavy atom. The van der Waals surface area contributed by atoms with Crippen molar-refractivity contribution in [1.29, 1.82) is 0 Å². The lowest BCUT2D eigenvalue weighted by atomic mass is 10.1. The highest BCUT2D eigenvalue weighted by Gasteiger charge is 2.26. The molecule has 0 radical (unpaired) electrons. The number of rotatable bonds is 8. The van der Waals surface area contributed by atoms with Crippen LogP contribution < -0.4 is 10.5 Å². The third-order valence-corrected chi connectivity index (χ3v) is 2.61. The molecule has 6 heteroatoms. The summed E-state index contributed by atoms with van der Waals surface area (Å²) >= 11 is 0. The van der Waals surface area contributed by atoms with E-state index >= 15 is 0 Å². The molecule has 0 spiro atoms. The SMILES string of the molecule is CCCOc1ccc(C(N)COCCC(F)(F)F)cc1. The van der Waals surface area contributed by atoms with Crippen LogP contribution in [0.1, 0.15) is 31.4 Å². The van der Waals surface area contributed by atoms with E-state index in [9.17, 15) is 13.2 Å². The summed E-state index contributed by atoms with van der Waals surface area (Å²) in [5.74, 6) is 0.751. The summed E-state index contributed by atoms with van der Waals surface area (Å²) in [5.41, 5.74) is 6.65. The van der Waals surface area contributed by atoms with Gasteiger partial charge in [0.05, 0.1) is 32.3 Å². The summed E-state index contributed by atoms with van der Waals surface area (Å²) in [6.45, 7) is 2.36. The third-order valence-electron chi connectivity index (χ3n) is 2.61. The number of nitrogens with two attached hydrogens (primary N) is 1. The smallest absolute Gasteiger partial charge is 0.391 e. The van der Waals surface area contributed by atoms with Crippen molar-refractivity contribution in [2.24, 2.45) is 5.73 Å². The zero-order valence-electron chi connectivity index (χ0n) is 11.5. The second kappa shape index (κ2) is 8.11. The Morgan fingerprint density at radius 3 is 2.35 bits per heavy atom. The van der Waals surface area contributed by atoms with Gasteiger partial charge >= 0.3 is 6.18 Å². The first-order valence-electron chi connectivity index (χ1n) is 6.55. The van der Waals surface area contributed by atoms with Gasteiger partial charge in [-0.15, -0.1) is 0 Å². The van der Waals surface area contributed by atoms with Crippen molar-refractivity contribution < 1.29 is 22.6 Å². The van der Waals surface area contributed by atoms with Gasteiger partial charge in [-0.25, -0.2) is 0 Å². The van der Waals surface area contributed by atoms with Crippen molar-refractivity contribution in [3.05, 3.63) is 29.8 Å². The van der Waals surface area contributed by atoms with Crippen LogP contribution in [0.3, 0.4) is 0 Å². The number of hydrogen-bond acceptors (Lipinski definition) is 3. The number of hydrogen-bond donors (Lipinski definition) is 1. The second-order valence-corrected chi connectivity index (χ2v) is 4.46. The molecule has 0 bridgehead atoms. The van der Waals surface area contributed by atoms with Gasteiger partial charge in [0.1, 0.15) is 5.75 Å². The van der Waals surface area contributed by atoms with Crippen LogP contribution in [0.5, 0.6) is 5.75 Å². The molecule has 1 aromatic carbocycles. The molecule has 0 aromatic heterocycles. The van der Waals surface area contributed by atoms with Crippen LogP contribution in [-0.4, -0.2) is 26.0 Å². The molecule has 20 heavy (non-hydrogen) atoms. The Morgan fingerprint density at radius 1 is 1.15 bits per heavy atom. The van der Waals surface area contributed by atoms with Crippen LogP contribution in [0.25, 0.3) is 0 Å². The minimum Gasteiger partial charge on any atom is -0.494 e. The van der Waals surface area contributed by atoms with Crippen LogP contribution in [-0.2, 0) is 4.74 Å². The Bertz CT molecular complexity index is 379. The zero-order chi connectivity index (χ0) is 15.0. The lowest BCUT2D eigenvalue weighted by Crippen LogP contribution is -2.19. The van der Waals surface area contributed by atoms with Crippen molar-refractivity contribution in [1.82, 2.24) is 0 Å². The van der Waals surface area contributed by atoms with Gasteiger partial charge in [-0.1, -0.05) is 19.1 Å². The van der Waals surface area contributed by atoms with Crippen molar-refractivity contribution in [3.63, 3.8) is 0 Å². The lowest BCUT2D eigenvalue weighted by Gasteiger charge is -2.14. The fourth-order valence-corrected chi connectivity index (χ4v) is 1.53. The number of alkyl halides is 3. The van der Waals surface area contributed by atoms with E-state index < -0.39 is 18.6 Å².